The average Bonchev–Trinajstić information content (AvgIpc) is 2.27. The molecular formula is C11H11NO2. The zero-order valence-electron chi connectivity index (χ0n) is 8.15. The average molecular weight is 189 g/mol. The van der Waals surface area contributed by atoms with Gasteiger partial charge in [-0.2, -0.15) is 0 Å². The van der Waals surface area contributed by atoms with Crippen molar-refractivity contribution in [2.45, 2.75) is 13.0 Å². The Morgan fingerprint density at radius 1 is 1.57 bits per heavy atom. The quantitative estimate of drug-likeness (QED) is 0.528. The number of hydrogen-bond acceptors (Lipinski definition) is 2. The van der Waals surface area contributed by atoms with Gasteiger partial charge in [-0.1, -0.05) is 12.1 Å². The molecule has 0 N–H and O–H groups in total. The summed E-state index contributed by atoms with van der Waals surface area (Å²) in [6.07, 6.45) is 0. The second kappa shape index (κ2) is 4.43. The van der Waals surface area contributed by atoms with E-state index in [0.717, 1.165) is 5.56 Å². The van der Waals surface area contributed by atoms with Gasteiger partial charge in [0.15, 0.2) is 0 Å². The van der Waals surface area contributed by atoms with Crippen LogP contribution in [0, 0.1) is 6.57 Å². The molecule has 1 rings (SSSR count). The number of carbonyl (C=O) groups excluding carboxylic acids is 1. The van der Waals surface area contributed by atoms with E-state index < -0.39 is 0 Å². The molecule has 1 unspecified atom stereocenters. The normalized spacial score (nSPS) is 11.5. The molecule has 0 amide bonds. The molecule has 0 aromatic heterocycles. The summed E-state index contributed by atoms with van der Waals surface area (Å²) in [6, 6.07) is 6.72. The van der Waals surface area contributed by atoms with Gasteiger partial charge in [-0.05, 0) is 12.1 Å². The SMILES string of the molecule is [C-]#[N+]C(C)c1cccc(C(=O)OC)c1. The number of hydrogen-bond donors (Lipinski definition) is 0. The Morgan fingerprint density at radius 2 is 2.29 bits per heavy atom. The fourth-order valence-electron chi connectivity index (χ4n) is 1.12. The van der Waals surface area contributed by atoms with Crippen molar-refractivity contribution in [2.24, 2.45) is 0 Å². The van der Waals surface area contributed by atoms with Crippen LogP contribution in [-0.2, 0) is 4.74 Å². The lowest BCUT2D eigenvalue weighted by molar-refractivity contribution is 0.0600. The number of esters is 1. The maximum Gasteiger partial charge on any atom is 0.337 e. The van der Waals surface area contributed by atoms with Crippen LogP contribution in [0.2, 0.25) is 0 Å². The van der Waals surface area contributed by atoms with Crippen molar-refractivity contribution < 1.29 is 9.53 Å². The van der Waals surface area contributed by atoms with Crippen molar-refractivity contribution >= 4 is 5.97 Å². The lowest BCUT2D eigenvalue weighted by atomic mass is 10.1. The fraction of sp³-hybridized carbons (Fsp3) is 0.273. The van der Waals surface area contributed by atoms with Crippen molar-refractivity contribution in [3.05, 3.63) is 46.8 Å². The van der Waals surface area contributed by atoms with E-state index in [0.29, 0.717) is 5.56 Å². The predicted molar refractivity (Wildman–Crippen MR) is 52.8 cm³/mol. The van der Waals surface area contributed by atoms with Gasteiger partial charge >= 0.3 is 5.97 Å². The number of methoxy groups -OCH3 is 1. The highest BCUT2D eigenvalue weighted by atomic mass is 16.5. The fourth-order valence-corrected chi connectivity index (χ4v) is 1.12. The van der Waals surface area contributed by atoms with Crippen LogP contribution in [0.25, 0.3) is 4.85 Å². The van der Waals surface area contributed by atoms with E-state index in [2.05, 4.69) is 9.58 Å². The van der Waals surface area contributed by atoms with Gasteiger partial charge in [0.25, 0.3) is 0 Å². The first-order chi connectivity index (χ1) is 6.69. The third-order valence-electron chi connectivity index (χ3n) is 1.98. The highest BCUT2D eigenvalue weighted by molar-refractivity contribution is 5.89. The van der Waals surface area contributed by atoms with E-state index in [1.807, 2.05) is 6.07 Å². The van der Waals surface area contributed by atoms with Crippen LogP contribution >= 0.6 is 0 Å². The summed E-state index contributed by atoms with van der Waals surface area (Å²) in [5, 5.41) is 0. The first-order valence-corrected chi connectivity index (χ1v) is 4.24. The van der Waals surface area contributed by atoms with E-state index in [4.69, 9.17) is 6.57 Å². The van der Waals surface area contributed by atoms with Gasteiger partial charge in [-0.3, -0.25) is 0 Å². The van der Waals surface area contributed by atoms with E-state index in [-0.39, 0.29) is 12.0 Å². The van der Waals surface area contributed by atoms with Crippen LogP contribution in [0.3, 0.4) is 0 Å². The standard InChI is InChI=1S/C11H11NO2/c1-8(12-2)9-5-4-6-10(7-9)11(13)14-3/h4-8H,1,3H3. The Labute approximate surface area is 83.1 Å². The summed E-state index contributed by atoms with van der Waals surface area (Å²) in [5.41, 5.74) is 1.32. The first kappa shape index (κ1) is 10.3. The lowest BCUT2D eigenvalue weighted by Crippen LogP contribution is -2.01. The lowest BCUT2D eigenvalue weighted by Gasteiger charge is -2.02. The maximum absolute atomic E-state index is 11.2. The predicted octanol–water partition coefficient (Wildman–Crippen LogP) is 2.45. The summed E-state index contributed by atoms with van der Waals surface area (Å²) in [5.74, 6) is -0.371. The molecule has 0 radical (unpaired) electrons. The van der Waals surface area contributed by atoms with Crippen LogP contribution in [-0.4, -0.2) is 13.1 Å². The zero-order chi connectivity index (χ0) is 10.6. The van der Waals surface area contributed by atoms with Gasteiger partial charge in [0, 0.05) is 12.5 Å². The molecule has 0 aliphatic heterocycles. The molecule has 0 aliphatic carbocycles. The summed E-state index contributed by atoms with van der Waals surface area (Å²) >= 11 is 0. The topological polar surface area (TPSA) is 30.7 Å². The first-order valence-electron chi connectivity index (χ1n) is 4.24. The molecular weight excluding hydrogens is 178 g/mol. The molecule has 0 bridgehead atoms. The molecule has 0 fully saturated rings. The number of rotatable bonds is 2. The molecule has 0 saturated heterocycles. The van der Waals surface area contributed by atoms with Crippen LogP contribution in [0.1, 0.15) is 28.9 Å². The summed E-state index contributed by atoms with van der Waals surface area (Å²) in [4.78, 5) is 14.6. The van der Waals surface area contributed by atoms with Gasteiger partial charge in [0.05, 0.1) is 12.7 Å². The van der Waals surface area contributed by atoms with Crippen LogP contribution < -0.4 is 0 Å². The number of ether oxygens (including phenoxy) is 1. The van der Waals surface area contributed by atoms with Gasteiger partial charge < -0.3 is 9.58 Å². The van der Waals surface area contributed by atoms with Crippen molar-refractivity contribution in [3.8, 4) is 0 Å². The third-order valence-corrected chi connectivity index (χ3v) is 1.98. The van der Waals surface area contributed by atoms with E-state index in [1.54, 1.807) is 25.1 Å². The second-order valence-corrected chi connectivity index (χ2v) is 2.92. The van der Waals surface area contributed by atoms with Gasteiger partial charge in [0.2, 0.25) is 6.04 Å². The number of nitrogens with zero attached hydrogens (tertiary/aromatic N) is 1. The van der Waals surface area contributed by atoms with Crippen LogP contribution in [0.4, 0.5) is 0 Å². The number of carbonyl (C=O) groups is 1. The van der Waals surface area contributed by atoms with E-state index in [1.165, 1.54) is 7.11 Å². The minimum absolute atomic E-state index is 0.223. The molecule has 3 heteroatoms. The molecule has 3 nitrogen and oxygen atoms in total. The molecule has 14 heavy (non-hydrogen) atoms. The molecule has 1 atom stereocenters. The molecule has 0 saturated carbocycles. The Balaban J connectivity index is 3.02. The number of benzene rings is 1. The van der Waals surface area contributed by atoms with Crippen molar-refractivity contribution in [1.29, 1.82) is 0 Å². The van der Waals surface area contributed by atoms with Crippen molar-refractivity contribution in [3.63, 3.8) is 0 Å². The Bertz CT molecular complexity index is 379. The highest BCUT2D eigenvalue weighted by Gasteiger charge is 2.11. The molecule has 72 valence electrons. The third kappa shape index (κ3) is 2.11. The largest absolute Gasteiger partial charge is 0.465 e. The van der Waals surface area contributed by atoms with Crippen molar-refractivity contribution in [1.82, 2.24) is 0 Å². The summed E-state index contributed by atoms with van der Waals surface area (Å²) in [7, 11) is 1.34. The molecule has 0 heterocycles. The smallest absolute Gasteiger partial charge is 0.337 e. The maximum atomic E-state index is 11.2. The summed E-state index contributed by atoms with van der Waals surface area (Å²) < 4.78 is 4.59. The molecule has 0 aliphatic rings. The molecule has 0 spiro atoms. The van der Waals surface area contributed by atoms with Gasteiger partial charge in [-0.25, -0.2) is 11.4 Å². The molecule has 1 aromatic rings. The minimum atomic E-state index is -0.371. The van der Waals surface area contributed by atoms with Crippen molar-refractivity contribution in [2.75, 3.05) is 7.11 Å². The second-order valence-electron chi connectivity index (χ2n) is 2.92. The van der Waals surface area contributed by atoms with Crippen LogP contribution in [0.5, 0.6) is 0 Å². The van der Waals surface area contributed by atoms with Gasteiger partial charge in [0.1, 0.15) is 0 Å². The van der Waals surface area contributed by atoms with Gasteiger partial charge in [-0.15, -0.1) is 0 Å². The van der Waals surface area contributed by atoms with Crippen LogP contribution in [0.15, 0.2) is 24.3 Å². The molecule has 1 aromatic carbocycles. The Hall–Kier alpha value is -1.82. The minimum Gasteiger partial charge on any atom is -0.465 e. The highest BCUT2D eigenvalue weighted by Crippen LogP contribution is 2.17. The van der Waals surface area contributed by atoms with E-state index >= 15 is 0 Å². The Morgan fingerprint density at radius 3 is 2.86 bits per heavy atom. The summed E-state index contributed by atoms with van der Waals surface area (Å²) in [6.45, 7) is 8.67. The van der Waals surface area contributed by atoms with E-state index in [9.17, 15) is 4.79 Å². The monoisotopic (exact) mass is 189 g/mol. The zero-order valence-corrected chi connectivity index (χ0v) is 8.15. The Kier molecular flexibility index (Phi) is 3.24.